The largest absolute Gasteiger partial charge is 0.306 e. The first kappa shape index (κ1) is 13.4. The Hall–Kier alpha value is -1.03. The van der Waals surface area contributed by atoms with Crippen LogP contribution in [0.25, 0.3) is 0 Å². The number of nitrogens with one attached hydrogen (secondary N) is 2. The smallest absolute Gasteiger partial charge is 0.0595 e. The van der Waals surface area contributed by atoms with Crippen molar-refractivity contribution in [1.29, 1.82) is 0 Å². The molecule has 5 heteroatoms. The van der Waals surface area contributed by atoms with Gasteiger partial charge in [0.1, 0.15) is 0 Å². The Morgan fingerprint density at radius 1 is 1.33 bits per heavy atom. The number of H-pyrrole nitrogens is 1. The molecule has 0 aliphatic heterocycles. The quantitative estimate of drug-likeness (QED) is 0.872. The van der Waals surface area contributed by atoms with E-state index < -0.39 is 0 Å². The molecule has 0 amide bonds. The molecule has 0 fully saturated rings. The number of benzene rings is 1. The summed E-state index contributed by atoms with van der Waals surface area (Å²) in [4.78, 5) is 0. The Balaban J connectivity index is 2.05. The molecule has 0 saturated carbocycles. The highest BCUT2D eigenvalue weighted by Gasteiger charge is 2.10. The van der Waals surface area contributed by atoms with Crippen molar-refractivity contribution in [2.45, 2.75) is 25.9 Å². The Morgan fingerprint density at radius 3 is 2.78 bits per heavy atom. The van der Waals surface area contributed by atoms with Crippen molar-refractivity contribution < 1.29 is 0 Å². The highest BCUT2D eigenvalue weighted by molar-refractivity contribution is 6.42. The molecule has 1 aromatic heterocycles. The Kier molecular flexibility index (Phi) is 4.64. The molecule has 2 N–H and O–H groups in total. The lowest BCUT2D eigenvalue weighted by molar-refractivity contribution is 0.519. The van der Waals surface area contributed by atoms with Crippen LogP contribution >= 0.6 is 23.2 Å². The van der Waals surface area contributed by atoms with Crippen LogP contribution in [0.1, 0.15) is 30.5 Å². The maximum absolute atomic E-state index is 6.04. The molecule has 3 nitrogen and oxygen atoms in total. The van der Waals surface area contributed by atoms with Crippen LogP contribution in [0.4, 0.5) is 0 Å². The van der Waals surface area contributed by atoms with Crippen molar-refractivity contribution in [2.75, 3.05) is 0 Å². The minimum absolute atomic E-state index is 0.259. The standard InChI is InChI=1S/C13H15Cl2N3/c1-2-13(16-6-9-7-17-18-8-9)10-3-4-11(14)12(15)5-10/h3-5,7-8,13,16H,2,6H2,1H3,(H,17,18). The van der Waals surface area contributed by atoms with E-state index in [2.05, 4.69) is 22.4 Å². The van der Waals surface area contributed by atoms with Gasteiger partial charge in [-0.05, 0) is 24.1 Å². The molecule has 1 unspecified atom stereocenters. The number of aromatic nitrogens is 2. The monoisotopic (exact) mass is 283 g/mol. The molecule has 96 valence electrons. The predicted molar refractivity (Wildman–Crippen MR) is 74.9 cm³/mol. The summed E-state index contributed by atoms with van der Waals surface area (Å²) in [6, 6.07) is 6.02. The summed E-state index contributed by atoms with van der Waals surface area (Å²) in [6.07, 6.45) is 4.68. The maximum atomic E-state index is 6.04. The maximum Gasteiger partial charge on any atom is 0.0595 e. The van der Waals surface area contributed by atoms with E-state index in [-0.39, 0.29) is 6.04 Å². The first-order valence-corrected chi connectivity index (χ1v) is 6.62. The lowest BCUT2D eigenvalue weighted by atomic mass is 10.0. The number of hydrogen-bond acceptors (Lipinski definition) is 2. The highest BCUT2D eigenvalue weighted by atomic mass is 35.5. The van der Waals surface area contributed by atoms with Crippen LogP contribution in [0.3, 0.4) is 0 Å². The lowest BCUT2D eigenvalue weighted by Crippen LogP contribution is -2.20. The predicted octanol–water partition coefficient (Wildman–Crippen LogP) is 3.96. The number of aromatic amines is 1. The van der Waals surface area contributed by atoms with Crippen LogP contribution in [0, 0.1) is 0 Å². The SMILES string of the molecule is CCC(NCc1cn[nH]c1)c1ccc(Cl)c(Cl)c1. The second-order valence-corrected chi connectivity index (χ2v) is 4.94. The number of rotatable bonds is 5. The summed E-state index contributed by atoms with van der Waals surface area (Å²) in [5.41, 5.74) is 2.28. The van der Waals surface area contributed by atoms with E-state index in [4.69, 9.17) is 23.2 Å². The van der Waals surface area contributed by atoms with Crippen molar-refractivity contribution in [3.63, 3.8) is 0 Å². The molecule has 0 aliphatic carbocycles. The Morgan fingerprint density at radius 2 is 2.17 bits per heavy atom. The van der Waals surface area contributed by atoms with Gasteiger partial charge in [-0.3, -0.25) is 5.10 Å². The summed E-state index contributed by atoms with van der Waals surface area (Å²) in [5, 5.41) is 11.4. The molecule has 18 heavy (non-hydrogen) atoms. The van der Waals surface area contributed by atoms with E-state index in [1.54, 1.807) is 0 Å². The van der Waals surface area contributed by atoms with Gasteiger partial charge in [0, 0.05) is 24.3 Å². The fraction of sp³-hybridized carbons (Fsp3) is 0.308. The van der Waals surface area contributed by atoms with Crippen molar-refractivity contribution >= 4 is 23.2 Å². The molecular formula is C13H15Cl2N3. The zero-order valence-electron chi connectivity index (χ0n) is 10.1. The number of nitrogens with zero attached hydrogens (tertiary/aromatic N) is 1. The van der Waals surface area contributed by atoms with Gasteiger partial charge >= 0.3 is 0 Å². The van der Waals surface area contributed by atoms with E-state index >= 15 is 0 Å². The summed E-state index contributed by atoms with van der Waals surface area (Å²) in [6.45, 7) is 2.91. The van der Waals surface area contributed by atoms with Gasteiger partial charge in [0.05, 0.1) is 16.2 Å². The Labute approximate surface area is 117 Å². The fourth-order valence-corrected chi connectivity index (χ4v) is 2.15. The molecular weight excluding hydrogens is 269 g/mol. The normalized spacial score (nSPS) is 12.6. The van der Waals surface area contributed by atoms with Crippen molar-refractivity contribution in [3.8, 4) is 0 Å². The van der Waals surface area contributed by atoms with Crippen LogP contribution < -0.4 is 5.32 Å². The molecule has 1 aromatic carbocycles. The van der Waals surface area contributed by atoms with E-state index in [0.29, 0.717) is 10.0 Å². The Bertz CT molecular complexity index is 497. The van der Waals surface area contributed by atoms with Crippen LogP contribution in [0.5, 0.6) is 0 Å². The van der Waals surface area contributed by atoms with Crippen molar-refractivity contribution in [3.05, 3.63) is 51.8 Å². The average molecular weight is 284 g/mol. The molecule has 0 saturated heterocycles. The van der Waals surface area contributed by atoms with E-state index in [9.17, 15) is 0 Å². The van der Waals surface area contributed by atoms with Crippen LogP contribution in [0.2, 0.25) is 10.0 Å². The van der Waals surface area contributed by atoms with E-state index in [1.807, 2.05) is 30.6 Å². The third-order valence-corrected chi connectivity index (χ3v) is 3.60. The topological polar surface area (TPSA) is 40.7 Å². The first-order chi connectivity index (χ1) is 8.70. The van der Waals surface area contributed by atoms with Gasteiger partial charge in [-0.2, -0.15) is 5.10 Å². The fourth-order valence-electron chi connectivity index (χ4n) is 1.84. The second kappa shape index (κ2) is 6.23. The molecule has 0 radical (unpaired) electrons. The second-order valence-electron chi connectivity index (χ2n) is 4.12. The van der Waals surface area contributed by atoms with Crippen molar-refractivity contribution in [2.24, 2.45) is 0 Å². The average Bonchev–Trinajstić information content (AvgIpc) is 2.87. The van der Waals surface area contributed by atoms with Gasteiger partial charge in [-0.1, -0.05) is 36.2 Å². The zero-order valence-corrected chi connectivity index (χ0v) is 11.6. The minimum Gasteiger partial charge on any atom is -0.306 e. The molecule has 2 rings (SSSR count). The van der Waals surface area contributed by atoms with Crippen molar-refractivity contribution in [1.82, 2.24) is 15.5 Å². The van der Waals surface area contributed by atoms with Crippen LogP contribution in [-0.4, -0.2) is 10.2 Å². The van der Waals surface area contributed by atoms with Gasteiger partial charge in [0.15, 0.2) is 0 Å². The third kappa shape index (κ3) is 3.25. The van der Waals surface area contributed by atoms with Crippen LogP contribution in [0.15, 0.2) is 30.6 Å². The molecule has 0 bridgehead atoms. The molecule has 0 aliphatic rings. The molecule has 2 aromatic rings. The van der Waals surface area contributed by atoms with Gasteiger partial charge < -0.3 is 5.32 Å². The van der Waals surface area contributed by atoms with Crippen LogP contribution in [-0.2, 0) is 6.54 Å². The summed E-state index contributed by atoms with van der Waals surface area (Å²) >= 11 is 12.0. The molecule has 1 heterocycles. The zero-order chi connectivity index (χ0) is 13.0. The summed E-state index contributed by atoms with van der Waals surface area (Å²) < 4.78 is 0. The lowest BCUT2D eigenvalue weighted by Gasteiger charge is -2.17. The number of hydrogen-bond donors (Lipinski definition) is 2. The van der Waals surface area contributed by atoms with Gasteiger partial charge in [-0.15, -0.1) is 0 Å². The highest BCUT2D eigenvalue weighted by Crippen LogP contribution is 2.27. The van der Waals surface area contributed by atoms with Gasteiger partial charge in [-0.25, -0.2) is 0 Å². The molecule has 1 atom stereocenters. The minimum atomic E-state index is 0.259. The first-order valence-electron chi connectivity index (χ1n) is 5.86. The van der Waals surface area contributed by atoms with E-state index in [0.717, 1.165) is 24.1 Å². The number of halogens is 2. The van der Waals surface area contributed by atoms with Gasteiger partial charge in [0.25, 0.3) is 0 Å². The molecule has 0 spiro atoms. The van der Waals surface area contributed by atoms with E-state index in [1.165, 1.54) is 0 Å². The van der Waals surface area contributed by atoms with Gasteiger partial charge in [0.2, 0.25) is 0 Å². The summed E-state index contributed by atoms with van der Waals surface area (Å²) in [5.74, 6) is 0. The summed E-state index contributed by atoms with van der Waals surface area (Å²) in [7, 11) is 0. The third-order valence-electron chi connectivity index (χ3n) is 2.86.